The number of H-pyrrole nitrogens is 1. The number of carbonyl (C=O) groups excluding carboxylic acids is 1. The number of aromatic amines is 1. The lowest BCUT2D eigenvalue weighted by Gasteiger charge is -1.97. The number of nitrogens with zero attached hydrogens (tertiary/aromatic N) is 1. The minimum atomic E-state index is -0.557. The van der Waals surface area contributed by atoms with E-state index in [1.165, 1.54) is 25.4 Å². The summed E-state index contributed by atoms with van der Waals surface area (Å²) in [5.74, 6) is -0.166. The smallest absolute Gasteiger partial charge is 0.295 e. The Labute approximate surface area is 79.7 Å². The van der Waals surface area contributed by atoms with Gasteiger partial charge in [0.1, 0.15) is 0 Å². The highest BCUT2D eigenvalue weighted by Crippen LogP contribution is 1.85. The van der Waals surface area contributed by atoms with Gasteiger partial charge in [0.15, 0.2) is 5.78 Å². The molecule has 0 aromatic carbocycles. The van der Waals surface area contributed by atoms with Crippen LogP contribution in [0.1, 0.15) is 12.5 Å². The number of allylic oxidation sites excluding steroid dienone is 1. The van der Waals surface area contributed by atoms with Gasteiger partial charge in [-0.05, 0) is 19.9 Å². The van der Waals surface area contributed by atoms with Crippen LogP contribution in [0.2, 0.25) is 0 Å². The highest BCUT2D eigenvalue weighted by Gasteiger charge is 1.97. The molecule has 0 aliphatic heterocycles. The summed E-state index contributed by atoms with van der Waals surface area (Å²) in [5.41, 5.74) is -0.557. The number of nitrogens with one attached hydrogen (secondary N) is 1. The van der Waals surface area contributed by atoms with Crippen LogP contribution in [-0.4, -0.2) is 15.3 Å². The molecule has 5 heteroatoms. The zero-order chi connectivity index (χ0) is 10.7. The molecule has 1 aromatic rings. The lowest BCUT2D eigenvalue weighted by atomic mass is 10.4. The second-order valence-electron chi connectivity index (χ2n) is 2.91. The van der Waals surface area contributed by atoms with E-state index in [9.17, 15) is 14.4 Å². The predicted octanol–water partition coefficient (Wildman–Crippen LogP) is -0.0953. The molecule has 0 bridgehead atoms. The average Bonchev–Trinajstić information content (AvgIpc) is 2.09. The molecule has 0 fully saturated rings. The Morgan fingerprint density at radius 3 is 2.71 bits per heavy atom. The molecule has 0 unspecified atom stereocenters. The zero-order valence-electron chi connectivity index (χ0n) is 7.90. The quantitative estimate of drug-likeness (QED) is 0.668. The van der Waals surface area contributed by atoms with Gasteiger partial charge in [0.05, 0.1) is 0 Å². The Balaban J connectivity index is 3.24. The summed E-state index contributed by atoms with van der Waals surface area (Å²) in [5, 5.41) is 0. The van der Waals surface area contributed by atoms with Crippen LogP contribution in [-0.2, 0) is 4.79 Å². The SMILES string of the molecule is CC(=O)/C=C/n1cc(C)c(=O)[nH]c1=O. The number of aromatic nitrogens is 2. The second kappa shape index (κ2) is 3.87. The number of hydrogen-bond donors (Lipinski definition) is 1. The van der Waals surface area contributed by atoms with Crippen LogP contribution in [0.25, 0.3) is 6.20 Å². The van der Waals surface area contributed by atoms with Crippen LogP contribution in [0.4, 0.5) is 0 Å². The molecule has 1 N–H and O–H groups in total. The molecule has 0 amide bonds. The summed E-state index contributed by atoms with van der Waals surface area (Å²) in [6, 6.07) is 0. The fraction of sp³-hybridized carbons (Fsp3) is 0.222. The van der Waals surface area contributed by atoms with E-state index in [-0.39, 0.29) is 5.78 Å². The van der Waals surface area contributed by atoms with Crippen LogP contribution in [0.15, 0.2) is 21.9 Å². The van der Waals surface area contributed by atoms with Crippen LogP contribution < -0.4 is 11.2 Å². The van der Waals surface area contributed by atoms with Crippen LogP contribution in [0.5, 0.6) is 0 Å². The van der Waals surface area contributed by atoms with E-state index >= 15 is 0 Å². The van der Waals surface area contributed by atoms with Crippen molar-refractivity contribution in [2.75, 3.05) is 0 Å². The third-order valence-corrected chi connectivity index (χ3v) is 1.62. The van der Waals surface area contributed by atoms with E-state index in [0.717, 1.165) is 4.57 Å². The molecule has 5 nitrogen and oxygen atoms in total. The summed E-state index contributed by atoms with van der Waals surface area (Å²) < 4.78 is 1.15. The van der Waals surface area contributed by atoms with Crippen molar-refractivity contribution >= 4 is 12.0 Å². The van der Waals surface area contributed by atoms with Gasteiger partial charge in [-0.2, -0.15) is 0 Å². The van der Waals surface area contributed by atoms with Gasteiger partial charge >= 0.3 is 5.69 Å². The minimum Gasteiger partial charge on any atom is -0.295 e. The van der Waals surface area contributed by atoms with Gasteiger partial charge in [0, 0.05) is 18.0 Å². The normalized spacial score (nSPS) is 10.7. The molecule has 0 aliphatic carbocycles. The monoisotopic (exact) mass is 194 g/mol. The largest absolute Gasteiger partial charge is 0.332 e. The van der Waals surface area contributed by atoms with E-state index in [1.807, 2.05) is 0 Å². The highest BCUT2D eigenvalue weighted by atomic mass is 16.2. The van der Waals surface area contributed by atoms with Crippen molar-refractivity contribution in [2.45, 2.75) is 13.8 Å². The molecule has 0 atom stereocenters. The van der Waals surface area contributed by atoms with E-state index in [4.69, 9.17) is 0 Å². The first-order valence-electron chi connectivity index (χ1n) is 4.01. The molecule has 1 heterocycles. The standard InChI is InChI=1S/C9H10N2O3/c1-6-5-11(4-3-7(2)12)9(14)10-8(6)13/h3-5H,1-2H3,(H,10,13,14)/b4-3+. The van der Waals surface area contributed by atoms with E-state index in [0.29, 0.717) is 5.56 Å². The van der Waals surface area contributed by atoms with Gasteiger partial charge in [-0.15, -0.1) is 0 Å². The molecule has 74 valence electrons. The molecule has 1 rings (SSSR count). The topological polar surface area (TPSA) is 71.9 Å². The van der Waals surface area contributed by atoms with Crippen molar-refractivity contribution in [1.29, 1.82) is 0 Å². The summed E-state index contributed by atoms with van der Waals surface area (Å²) >= 11 is 0. The van der Waals surface area contributed by atoms with E-state index in [2.05, 4.69) is 4.98 Å². The first-order valence-corrected chi connectivity index (χ1v) is 4.01. The van der Waals surface area contributed by atoms with Crippen molar-refractivity contribution in [3.8, 4) is 0 Å². The van der Waals surface area contributed by atoms with Gasteiger partial charge in [0.2, 0.25) is 0 Å². The van der Waals surface area contributed by atoms with Gasteiger partial charge in [-0.1, -0.05) is 0 Å². The maximum absolute atomic E-state index is 11.1. The fourth-order valence-electron chi connectivity index (χ4n) is 0.882. The molecule has 1 aromatic heterocycles. The maximum atomic E-state index is 11.1. The predicted molar refractivity (Wildman–Crippen MR) is 52.1 cm³/mol. The fourth-order valence-corrected chi connectivity index (χ4v) is 0.882. The second-order valence-corrected chi connectivity index (χ2v) is 2.91. The summed E-state index contributed by atoms with van der Waals surface area (Å²) in [6.45, 7) is 2.95. The number of aryl methyl sites for hydroxylation is 1. The van der Waals surface area contributed by atoms with Crippen molar-refractivity contribution in [3.63, 3.8) is 0 Å². The number of hydrogen-bond acceptors (Lipinski definition) is 3. The Hall–Kier alpha value is -1.91. The molecule has 0 radical (unpaired) electrons. The summed E-state index contributed by atoms with van der Waals surface area (Å²) in [4.78, 5) is 34.8. The molecule has 0 saturated carbocycles. The lowest BCUT2D eigenvalue weighted by Crippen LogP contribution is -2.28. The number of rotatable bonds is 2. The highest BCUT2D eigenvalue weighted by molar-refractivity contribution is 5.89. The molecule has 0 spiro atoms. The third kappa shape index (κ3) is 2.29. The van der Waals surface area contributed by atoms with E-state index < -0.39 is 11.2 Å². The number of carbonyl (C=O) groups is 1. The van der Waals surface area contributed by atoms with Gasteiger partial charge in [0.25, 0.3) is 5.56 Å². The summed E-state index contributed by atoms with van der Waals surface area (Å²) in [6.07, 6.45) is 3.94. The van der Waals surface area contributed by atoms with Crippen molar-refractivity contribution in [1.82, 2.24) is 9.55 Å². The summed E-state index contributed by atoms with van der Waals surface area (Å²) in [7, 11) is 0. The van der Waals surface area contributed by atoms with Gasteiger partial charge < -0.3 is 0 Å². The van der Waals surface area contributed by atoms with Crippen molar-refractivity contribution in [3.05, 3.63) is 38.7 Å². The van der Waals surface area contributed by atoms with Crippen LogP contribution in [0.3, 0.4) is 0 Å². The molecule has 0 aliphatic rings. The Bertz CT molecular complexity index is 494. The lowest BCUT2D eigenvalue weighted by molar-refractivity contribution is -0.112. The molecule has 14 heavy (non-hydrogen) atoms. The maximum Gasteiger partial charge on any atom is 0.332 e. The van der Waals surface area contributed by atoms with E-state index in [1.54, 1.807) is 6.92 Å². The Morgan fingerprint density at radius 2 is 2.14 bits per heavy atom. The third-order valence-electron chi connectivity index (χ3n) is 1.62. The number of ketones is 1. The zero-order valence-corrected chi connectivity index (χ0v) is 7.90. The van der Waals surface area contributed by atoms with Crippen LogP contribution >= 0.6 is 0 Å². The van der Waals surface area contributed by atoms with Crippen LogP contribution in [0, 0.1) is 6.92 Å². The first kappa shape index (κ1) is 10.2. The minimum absolute atomic E-state index is 0.166. The Morgan fingerprint density at radius 1 is 1.50 bits per heavy atom. The van der Waals surface area contributed by atoms with Gasteiger partial charge in [-0.3, -0.25) is 19.1 Å². The van der Waals surface area contributed by atoms with Crippen molar-refractivity contribution < 1.29 is 4.79 Å². The van der Waals surface area contributed by atoms with Crippen molar-refractivity contribution in [2.24, 2.45) is 0 Å². The molecule has 0 saturated heterocycles. The molecular formula is C9H10N2O3. The molecular weight excluding hydrogens is 184 g/mol. The first-order chi connectivity index (χ1) is 6.50. The average molecular weight is 194 g/mol. The Kier molecular flexibility index (Phi) is 2.81. The van der Waals surface area contributed by atoms with Gasteiger partial charge in [-0.25, -0.2) is 4.79 Å².